The topological polar surface area (TPSA) is 68.0 Å². The molecule has 5 nitrogen and oxygen atoms in total. The Balaban J connectivity index is 1.95. The maximum absolute atomic E-state index is 13.2. The molecule has 0 bridgehead atoms. The van der Waals surface area contributed by atoms with Gasteiger partial charge in [-0.05, 0) is 16.9 Å². The van der Waals surface area contributed by atoms with Gasteiger partial charge >= 0.3 is 0 Å². The zero-order valence-corrected chi connectivity index (χ0v) is 17.0. The van der Waals surface area contributed by atoms with Gasteiger partial charge in [-0.15, -0.1) is 0 Å². The minimum Gasteiger partial charge on any atom is -0.442 e. The van der Waals surface area contributed by atoms with E-state index in [-0.39, 0.29) is 17.1 Å². The summed E-state index contributed by atoms with van der Waals surface area (Å²) in [5.41, 5.74) is 2.64. The zero-order chi connectivity index (χ0) is 20.1. The lowest BCUT2D eigenvalue weighted by Gasteiger charge is -2.38. The van der Waals surface area contributed by atoms with Crippen molar-refractivity contribution in [1.29, 1.82) is 5.41 Å². The second-order valence-electron chi connectivity index (χ2n) is 9.08. The standard InChI is InChI=1S/C23H27N3O2/c1-14(2)12-26-13-25-22-20(21(26)24)18(15-8-6-5-7-9-15)19-16(27)10-23(3,4)11-17(19)28-22/h5-9,13-14,18,24H,10-12H2,1-4H3/t18-/m0/s1. The molecule has 0 saturated heterocycles. The van der Waals surface area contributed by atoms with Crippen LogP contribution in [0.3, 0.4) is 0 Å². The van der Waals surface area contributed by atoms with Crippen molar-refractivity contribution < 1.29 is 9.53 Å². The Morgan fingerprint density at radius 2 is 1.96 bits per heavy atom. The Bertz CT molecular complexity index is 1020. The number of hydrogen-bond acceptors (Lipinski definition) is 4. The number of carbonyl (C=O) groups is 1. The molecule has 1 N–H and O–H groups in total. The minimum atomic E-state index is -0.303. The summed E-state index contributed by atoms with van der Waals surface area (Å²) in [7, 11) is 0. The molecule has 4 rings (SSSR count). The van der Waals surface area contributed by atoms with Gasteiger partial charge in [0.2, 0.25) is 5.88 Å². The van der Waals surface area contributed by atoms with E-state index in [9.17, 15) is 4.79 Å². The first kappa shape index (κ1) is 18.7. The van der Waals surface area contributed by atoms with Gasteiger partial charge in [-0.2, -0.15) is 0 Å². The normalized spacial score (nSPS) is 20.6. The lowest BCUT2D eigenvalue weighted by molar-refractivity contribution is -0.118. The molecule has 0 saturated carbocycles. The number of hydrogen-bond donors (Lipinski definition) is 1. The molecule has 0 radical (unpaired) electrons. The van der Waals surface area contributed by atoms with Gasteiger partial charge in [0.05, 0.1) is 5.56 Å². The molecular weight excluding hydrogens is 350 g/mol. The van der Waals surface area contributed by atoms with E-state index in [4.69, 9.17) is 10.1 Å². The summed E-state index contributed by atoms with van der Waals surface area (Å²) >= 11 is 0. The number of nitrogens with zero attached hydrogens (tertiary/aromatic N) is 2. The van der Waals surface area contributed by atoms with Crippen molar-refractivity contribution in [1.82, 2.24) is 9.55 Å². The van der Waals surface area contributed by atoms with Crippen LogP contribution in [0.4, 0.5) is 0 Å². The molecule has 2 aromatic rings. The van der Waals surface area contributed by atoms with Gasteiger partial charge in [-0.1, -0.05) is 58.0 Å². The molecule has 1 aliphatic carbocycles. The number of Topliss-reactive ketones (excluding diaryl/α,β-unsaturated/α-hetero) is 1. The van der Waals surface area contributed by atoms with E-state index in [2.05, 4.69) is 32.7 Å². The maximum atomic E-state index is 13.2. The van der Waals surface area contributed by atoms with E-state index in [1.165, 1.54) is 0 Å². The van der Waals surface area contributed by atoms with Crippen molar-refractivity contribution in [2.45, 2.75) is 53.0 Å². The molecule has 2 heterocycles. The number of benzene rings is 1. The number of ketones is 1. The summed E-state index contributed by atoms with van der Waals surface area (Å²) in [5.74, 6) is 1.38. The number of carbonyl (C=O) groups excluding carboxylic acids is 1. The third-order valence-electron chi connectivity index (χ3n) is 5.46. The predicted octanol–water partition coefficient (Wildman–Crippen LogP) is 4.19. The van der Waals surface area contributed by atoms with E-state index in [1.54, 1.807) is 6.33 Å². The molecule has 0 fully saturated rings. The van der Waals surface area contributed by atoms with Gasteiger partial charge in [0.1, 0.15) is 17.6 Å². The Morgan fingerprint density at radius 1 is 1.25 bits per heavy atom. The van der Waals surface area contributed by atoms with E-state index in [0.717, 1.165) is 11.3 Å². The van der Waals surface area contributed by atoms with Crippen molar-refractivity contribution in [3.8, 4) is 5.88 Å². The lowest BCUT2D eigenvalue weighted by Crippen LogP contribution is -2.37. The molecule has 0 unspecified atom stereocenters. The van der Waals surface area contributed by atoms with E-state index < -0.39 is 0 Å². The van der Waals surface area contributed by atoms with Crippen LogP contribution in [-0.2, 0) is 11.3 Å². The number of aromatic nitrogens is 2. The Morgan fingerprint density at radius 3 is 2.64 bits per heavy atom. The Kier molecular flexibility index (Phi) is 4.48. The van der Waals surface area contributed by atoms with Crippen LogP contribution in [0.5, 0.6) is 5.88 Å². The lowest BCUT2D eigenvalue weighted by atomic mass is 9.70. The van der Waals surface area contributed by atoms with Gasteiger partial charge in [-0.25, -0.2) is 4.98 Å². The molecule has 5 heteroatoms. The number of fused-ring (bicyclic) bond motifs is 1. The molecule has 1 atom stereocenters. The summed E-state index contributed by atoms with van der Waals surface area (Å²) < 4.78 is 8.00. The van der Waals surface area contributed by atoms with Crippen LogP contribution in [0, 0.1) is 16.7 Å². The average Bonchev–Trinajstić information content (AvgIpc) is 2.62. The van der Waals surface area contributed by atoms with Gasteiger partial charge in [0.15, 0.2) is 5.78 Å². The van der Waals surface area contributed by atoms with Crippen molar-refractivity contribution in [2.24, 2.45) is 11.3 Å². The quantitative estimate of drug-likeness (QED) is 0.872. The van der Waals surface area contributed by atoms with Crippen molar-refractivity contribution >= 4 is 5.78 Å². The highest BCUT2D eigenvalue weighted by molar-refractivity contribution is 6.00. The molecule has 1 aliphatic heterocycles. The fraction of sp³-hybridized carbons (Fsp3) is 0.435. The van der Waals surface area contributed by atoms with Gasteiger partial charge in [-0.3, -0.25) is 10.2 Å². The fourth-order valence-electron chi connectivity index (χ4n) is 4.31. The molecule has 1 aromatic heterocycles. The molecule has 0 spiro atoms. The summed E-state index contributed by atoms with van der Waals surface area (Å²) in [6, 6.07) is 9.97. The maximum Gasteiger partial charge on any atom is 0.228 e. The predicted molar refractivity (Wildman–Crippen MR) is 107 cm³/mol. The highest BCUT2D eigenvalue weighted by atomic mass is 16.5. The minimum absolute atomic E-state index is 0.115. The van der Waals surface area contributed by atoms with Crippen LogP contribution >= 0.6 is 0 Å². The number of ether oxygens (including phenoxy) is 1. The molecule has 2 aliphatic rings. The first-order valence-electron chi connectivity index (χ1n) is 9.90. The molecule has 1 aromatic carbocycles. The van der Waals surface area contributed by atoms with E-state index >= 15 is 0 Å². The SMILES string of the molecule is CC(C)Cn1cnc2c(c1=N)[C@@H](c1ccccc1)C1=C(CC(C)(C)CC1=O)O2. The second kappa shape index (κ2) is 6.73. The number of rotatable bonds is 3. The molecular formula is C23H27N3O2. The highest BCUT2D eigenvalue weighted by Gasteiger charge is 2.43. The average molecular weight is 377 g/mol. The fourth-order valence-corrected chi connectivity index (χ4v) is 4.31. The third kappa shape index (κ3) is 3.19. The van der Waals surface area contributed by atoms with Gasteiger partial charge < -0.3 is 9.30 Å². The number of nitrogens with one attached hydrogen (secondary N) is 1. The smallest absolute Gasteiger partial charge is 0.228 e. The van der Waals surface area contributed by atoms with E-state index in [1.807, 2.05) is 34.9 Å². The van der Waals surface area contributed by atoms with Crippen LogP contribution in [0.1, 0.15) is 57.6 Å². The summed E-state index contributed by atoms with van der Waals surface area (Å²) in [5, 5.41) is 8.86. The van der Waals surface area contributed by atoms with Crippen molar-refractivity contribution in [3.63, 3.8) is 0 Å². The largest absolute Gasteiger partial charge is 0.442 e. The van der Waals surface area contributed by atoms with Crippen LogP contribution < -0.4 is 10.2 Å². The summed E-state index contributed by atoms with van der Waals surface area (Å²) in [4.78, 5) is 17.7. The molecule has 0 amide bonds. The van der Waals surface area contributed by atoms with Crippen LogP contribution in [0.2, 0.25) is 0 Å². The summed E-state index contributed by atoms with van der Waals surface area (Å²) in [6.07, 6.45) is 2.88. The van der Waals surface area contributed by atoms with Crippen molar-refractivity contribution in [3.05, 3.63) is 64.6 Å². The van der Waals surface area contributed by atoms with Gasteiger partial charge in [0.25, 0.3) is 0 Å². The van der Waals surface area contributed by atoms with Crippen molar-refractivity contribution in [2.75, 3.05) is 0 Å². The van der Waals surface area contributed by atoms with Crippen LogP contribution in [-0.4, -0.2) is 15.3 Å². The molecule has 28 heavy (non-hydrogen) atoms. The number of allylic oxidation sites excluding steroid dienone is 2. The Labute approximate surface area is 165 Å². The molecule has 146 valence electrons. The second-order valence-corrected chi connectivity index (χ2v) is 9.08. The van der Waals surface area contributed by atoms with Gasteiger partial charge in [0, 0.05) is 30.9 Å². The summed E-state index contributed by atoms with van der Waals surface area (Å²) in [6.45, 7) is 9.12. The monoisotopic (exact) mass is 377 g/mol. The van der Waals surface area contributed by atoms with Crippen LogP contribution in [0.25, 0.3) is 0 Å². The third-order valence-corrected chi connectivity index (χ3v) is 5.46. The zero-order valence-electron chi connectivity index (χ0n) is 17.0. The first-order valence-corrected chi connectivity index (χ1v) is 9.90. The first-order chi connectivity index (χ1) is 13.3. The van der Waals surface area contributed by atoms with Crippen LogP contribution in [0.15, 0.2) is 48.0 Å². The Hall–Kier alpha value is -2.69. The highest BCUT2D eigenvalue weighted by Crippen LogP contribution is 2.48. The van der Waals surface area contributed by atoms with E-state index in [0.29, 0.717) is 47.8 Å².